The number of hydrogen-bond acceptors (Lipinski definition) is 5. The van der Waals surface area contributed by atoms with E-state index in [1.807, 2.05) is 13.0 Å². The Hall–Kier alpha value is -1.56. The number of aliphatic hydroxyl groups excluding tert-OH is 1. The Bertz CT molecular complexity index is 629. The fourth-order valence-corrected chi connectivity index (χ4v) is 3.08. The van der Waals surface area contributed by atoms with E-state index in [1.54, 1.807) is 24.3 Å². The first-order chi connectivity index (χ1) is 11.1. The number of aryl methyl sites for hydroxylation is 1. The molecule has 23 heavy (non-hydrogen) atoms. The van der Waals surface area contributed by atoms with E-state index >= 15 is 0 Å². The SMILES string of the molecule is Cc1cc(C2CCCN2CC(O)COc2ccc(Cl)cc2)on1. The summed E-state index contributed by atoms with van der Waals surface area (Å²) in [4.78, 5) is 2.23. The highest BCUT2D eigenvalue weighted by Crippen LogP contribution is 2.32. The maximum Gasteiger partial charge on any atom is 0.154 e. The van der Waals surface area contributed by atoms with E-state index in [1.165, 1.54) is 0 Å². The molecular weight excluding hydrogens is 316 g/mol. The van der Waals surface area contributed by atoms with E-state index in [-0.39, 0.29) is 12.6 Å². The lowest BCUT2D eigenvalue weighted by Gasteiger charge is -2.25. The number of β-amino-alcohol motifs (C(OH)–C–C–N with tert-alkyl or cyclic N) is 1. The van der Waals surface area contributed by atoms with Gasteiger partial charge in [0.2, 0.25) is 0 Å². The van der Waals surface area contributed by atoms with Crippen molar-refractivity contribution < 1.29 is 14.4 Å². The highest BCUT2D eigenvalue weighted by molar-refractivity contribution is 6.30. The fraction of sp³-hybridized carbons (Fsp3) is 0.471. The quantitative estimate of drug-likeness (QED) is 0.877. The number of aromatic nitrogens is 1. The monoisotopic (exact) mass is 336 g/mol. The molecule has 0 saturated carbocycles. The minimum atomic E-state index is -0.560. The lowest BCUT2D eigenvalue weighted by atomic mass is 10.1. The zero-order valence-electron chi connectivity index (χ0n) is 13.1. The van der Waals surface area contributed by atoms with Crippen molar-refractivity contribution in [3.63, 3.8) is 0 Å². The summed E-state index contributed by atoms with van der Waals surface area (Å²) in [6.45, 7) is 3.67. The Balaban J connectivity index is 1.52. The number of hydrogen-bond donors (Lipinski definition) is 1. The van der Waals surface area contributed by atoms with Crippen LogP contribution < -0.4 is 4.74 Å². The van der Waals surface area contributed by atoms with Gasteiger partial charge in [-0.1, -0.05) is 16.8 Å². The van der Waals surface area contributed by atoms with Gasteiger partial charge in [0.1, 0.15) is 18.5 Å². The Kier molecular flexibility index (Phi) is 5.20. The van der Waals surface area contributed by atoms with Crippen LogP contribution in [0.5, 0.6) is 5.75 Å². The molecule has 0 aliphatic carbocycles. The van der Waals surface area contributed by atoms with E-state index in [0.29, 0.717) is 17.3 Å². The molecule has 3 rings (SSSR count). The van der Waals surface area contributed by atoms with Crippen LogP contribution in [0.15, 0.2) is 34.9 Å². The van der Waals surface area contributed by atoms with Crippen LogP contribution in [0.1, 0.15) is 30.3 Å². The summed E-state index contributed by atoms with van der Waals surface area (Å²) in [5.74, 6) is 1.59. The summed E-state index contributed by atoms with van der Waals surface area (Å²) in [5, 5.41) is 14.9. The molecule has 2 unspecified atom stereocenters. The van der Waals surface area contributed by atoms with Gasteiger partial charge in [-0.3, -0.25) is 4.90 Å². The van der Waals surface area contributed by atoms with Gasteiger partial charge >= 0.3 is 0 Å². The standard InChI is InChI=1S/C17H21ClN2O3/c1-12-9-17(23-19-12)16-3-2-8-20(16)10-14(21)11-22-15-6-4-13(18)5-7-15/h4-7,9,14,16,21H,2-3,8,10-11H2,1H3. The van der Waals surface area contributed by atoms with Crippen LogP contribution in [0.4, 0.5) is 0 Å². The van der Waals surface area contributed by atoms with Crippen LogP contribution in [0.2, 0.25) is 5.02 Å². The molecule has 0 amide bonds. The maximum absolute atomic E-state index is 10.3. The normalized spacial score (nSPS) is 19.9. The second kappa shape index (κ2) is 7.34. The number of rotatable bonds is 6. The predicted molar refractivity (Wildman–Crippen MR) is 87.7 cm³/mol. The van der Waals surface area contributed by atoms with Gasteiger partial charge in [-0.15, -0.1) is 0 Å². The molecule has 0 radical (unpaired) electrons. The summed E-state index contributed by atoms with van der Waals surface area (Å²) in [6.07, 6.45) is 1.56. The second-order valence-corrected chi connectivity index (χ2v) is 6.38. The molecule has 1 aliphatic rings. The number of benzene rings is 1. The van der Waals surface area contributed by atoms with Crippen LogP contribution in [0, 0.1) is 6.92 Å². The molecule has 1 aromatic heterocycles. The summed E-state index contributed by atoms with van der Waals surface area (Å²) >= 11 is 5.84. The molecule has 5 nitrogen and oxygen atoms in total. The van der Waals surface area contributed by atoms with Crippen molar-refractivity contribution in [2.24, 2.45) is 0 Å². The van der Waals surface area contributed by atoms with Gasteiger partial charge in [0, 0.05) is 17.6 Å². The zero-order chi connectivity index (χ0) is 16.2. The Morgan fingerprint density at radius 3 is 2.91 bits per heavy atom. The third kappa shape index (κ3) is 4.25. The highest BCUT2D eigenvalue weighted by Gasteiger charge is 2.30. The largest absolute Gasteiger partial charge is 0.491 e. The average molecular weight is 337 g/mol. The summed E-state index contributed by atoms with van der Waals surface area (Å²) in [5.41, 5.74) is 0.887. The third-order valence-electron chi connectivity index (χ3n) is 4.04. The molecule has 0 bridgehead atoms. The first kappa shape index (κ1) is 16.3. The fourth-order valence-electron chi connectivity index (χ4n) is 2.95. The smallest absolute Gasteiger partial charge is 0.154 e. The topological polar surface area (TPSA) is 58.7 Å². The minimum Gasteiger partial charge on any atom is -0.491 e. The van der Waals surface area contributed by atoms with Crippen LogP contribution >= 0.6 is 11.6 Å². The Morgan fingerprint density at radius 1 is 1.43 bits per heavy atom. The molecular formula is C17H21ClN2O3. The summed E-state index contributed by atoms with van der Waals surface area (Å²) in [6, 6.07) is 9.30. The van der Waals surface area contributed by atoms with E-state index < -0.39 is 6.10 Å². The molecule has 0 spiro atoms. The Labute approximate surface area is 140 Å². The van der Waals surface area contributed by atoms with E-state index in [4.69, 9.17) is 20.9 Å². The molecule has 1 fully saturated rings. The van der Waals surface area contributed by atoms with Gasteiger partial charge in [-0.2, -0.15) is 0 Å². The van der Waals surface area contributed by atoms with Crippen molar-refractivity contribution in [3.8, 4) is 5.75 Å². The van der Waals surface area contributed by atoms with Crippen LogP contribution in [-0.2, 0) is 0 Å². The molecule has 6 heteroatoms. The third-order valence-corrected chi connectivity index (χ3v) is 4.29. The molecule has 1 N–H and O–H groups in total. The molecule has 1 aromatic carbocycles. The van der Waals surface area contributed by atoms with Crippen molar-refractivity contribution in [1.82, 2.24) is 10.1 Å². The molecule has 2 aromatic rings. The van der Waals surface area contributed by atoms with Crippen molar-refractivity contribution >= 4 is 11.6 Å². The van der Waals surface area contributed by atoms with E-state index in [0.717, 1.165) is 30.8 Å². The van der Waals surface area contributed by atoms with Crippen LogP contribution in [0.25, 0.3) is 0 Å². The van der Waals surface area contributed by atoms with Gasteiger partial charge in [0.15, 0.2) is 5.76 Å². The van der Waals surface area contributed by atoms with E-state index in [2.05, 4.69) is 10.1 Å². The number of ether oxygens (including phenoxy) is 1. The predicted octanol–water partition coefficient (Wildman–Crippen LogP) is 3.21. The molecule has 124 valence electrons. The zero-order valence-corrected chi connectivity index (χ0v) is 13.9. The highest BCUT2D eigenvalue weighted by atomic mass is 35.5. The second-order valence-electron chi connectivity index (χ2n) is 5.94. The van der Waals surface area contributed by atoms with Crippen LogP contribution in [0.3, 0.4) is 0 Å². The van der Waals surface area contributed by atoms with Crippen molar-refractivity contribution in [2.45, 2.75) is 31.9 Å². The lowest BCUT2D eigenvalue weighted by Crippen LogP contribution is -2.35. The lowest BCUT2D eigenvalue weighted by molar-refractivity contribution is 0.0598. The maximum atomic E-state index is 10.3. The van der Waals surface area contributed by atoms with Crippen molar-refractivity contribution in [1.29, 1.82) is 0 Å². The van der Waals surface area contributed by atoms with Gasteiger partial charge in [0.25, 0.3) is 0 Å². The first-order valence-corrected chi connectivity index (χ1v) is 8.23. The molecule has 2 heterocycles. The van der Waals surface area contributed by atoms with Gasteiger partial charge in [0.05, 0.1) is 11.7 Å². The van der Waals surface area contributed by atoms with Gasteiger partial charge < -0.3 is 14.4 Å². The average Bonchev–Trinajstić information content (AvgIpc) is 3.15. The molecule has 2 atom stereocenters. The van der Waals surface area contributed by atoms with E-state index in [9.17, 15) is 5.11 Å². The summed E-state index contributed by atoms with van der Waals surface area (Å²) in [7, 11) is 0. The van der Waals surface area contributed by atoms with Crippen molar-refractivity contribution in [3.05, 3.63) is 46.8 Å². The number of nitrogens with zero attached hydrogens (tertiary/aromatic N) is 2. The summed E-state index contributed by atoms with van der Waals surface area (Å²) < 4.78 is 11.0. The van der Waals surface area contributed by atoms with Gasteiger partial charge in [-0.25, -0.2) is 0 Å². The minimum absolute atomic E-state index is 0.196. The number of likely N-dealkylation sites (tertiary alicyclic amines) is 1. The molecule has 1 saturated heterocycles. The first-order valence-electron chi connectivity index (χ1n) is 7.85. The van der Waals surface area contributed by atoms with Crippen molar-refractivity contribution in [2.75, 3.05) is 19.7 Å². The molecule has 1 aliphatic heterocycles. The number of aliphatic hydroxyl groups is 1. The number of halogens is 1. The van der Waals surface area contributed by atoms with Gasteiger partial charge in [-0.05, 0) is 50.6 Å². The Morgan fingerprint density at radius 2 is 2.22 bits per heavy atom. The van der Waals surface area contributed by atoms with Crippen LogP contribution in [-0.4, -0.2) is 41.0 Å².